The highest BCUT2D eigenvalue weighted by molar-refractivity contribution is 5.94. The summed E-state index contributed by atoms with van der Waals surface area (Å²) in [7, 11) is 0. The molecule has 0 saturated carbocycles. The van der Waals surface area contributed by atoms with E-state index in [1.165, 1.54) is 0 Å². The number of ketones is 1. The predicted octanol–water partition coefficient (Wildman–Crippen LogP) is 1.86. The number of rotatable bonds is 7. The minimum absolute atomic E-state index is 0.166. The summed E-state index contributed by atoms with van der Waals surface area (Å²) in [6.45, 7) is 7.85. The molecule has 16 heavy (non-hydrogen) atoms. The minimum atomic E-state index is 0.166. The van der Waals surface area contributed by atoms with Gasteiger partial charge in [-0.3, -0.25) is 9.48 Å². The van der Waals surface area contributed by atoms with Crippen molar-refractivity contribution in [2.45, 2.75) is 46.2 Å². The Bertz CT molecular complexity index is 333. The number of carbonyl (C=O) groups is 1. The minimum Gasteiger partial charge on any atom is -0.314 e. The Labute approximate surface area is 97.0 Å². The molecule has 1 aromatic heterocycles. The average Bonchev–Trinajstić information content (AvgIpc) is 2.66. The van der Waals surface area contributed by atoms with Gasteiger partial charge in [0.2, 0.25) is 0 Å². The van der Waals surface area contributed by atoms with E-state index in [-0.39, 0.29) is 11.8 Å². The van der Waals surface area contributed by atoms with Gasteiger partial charge in [-0.1, -0.05) is 13.8 Å². The van der Waals surface area contributed by atoms with Crippen molar-refractivity contribution < 1.29 is 4.79 Å². The molecule has 0 amide bonds. The summed E-state index contributed by atoms with van der Waals surface area (Å²) in [5, 5.41) is 7.39. The van der Waals surface area contributed by atoms with Crippen LogP contribution < -0.4 is 5.32 Å². The van der Waals surface area contributed by atoms with Crippen LogP contribution in [-0.2, 0) is 6.54 Å². The van der Waals surface area contributed by atoms with Crippen molar-refractivity contribution in [1.29, 1.82) is 0 Å². The molecule has 4 nitrogen and oxygen atoms in total. The second-order valence-corrected chi connectivity index (χ2v) is 4.03. The molecule has 1 aromatic rings. The highest BCUT2D eigenvalue weighted by Crippen LogP contribution is 2.06. The third-order valence-corrected chi connectivity index (χ3v) is 2.48. The summed E-state index contributed by atoms with van der Waals surface area (Å²) >= 11 is 0. The average molecular weight is 223 g/mol. The molecule has 1 N–H and O–H groups in total. The number of nitrogens with zero attached hydrogens (tertiary/aromatic N) is 2. The van der Waals surface area contributed by atoms with Gasteiger partial charge in [-0.25, -0.2) is 0 Å². The number of hydrogen-bond acceptors (Lipinski definition) is 3. The highest BCUT2D eigenvalue weighted by atomic mass is 16.1. The number of carbonyl (C=O) groups excluding carboxylic acids is 1. The molecule has 0 bridgehead atoms. The number of aryl methyl sites for hydroxylation is 1. The van der Waals surface area contributed by atoms with E-state index in [1.807, 2.05) is 13.8 Å². The zero-order valence-electron chi connectivity index (χ0n) is 10.4. The second kappa shape index (κ2) is 6.43. The Hall–Kier alpha value is -1.16. The van der Waals surface area contributed by atoms with Crippen LogP contribution in [0.3, 0.4) is 0 Å². The maximum absolute atomic E-state index is 12.0. The van der Waals surface area contributed by atoms with E-state index in [2.05, 4.69) is 17.3 Å². The molecule has 0 aliphatic carbocycles. The Kier molecular flexibility index (Phi) is 5.19. The van der Waals surface area contributed by atoms with Crippen molar-refractivity contribution in [1.82, 2.24) is 15.1 Å². The molecule has 1 unspecified atom stereocenters. The normalized spacial score (nSPS) is 12.7. The molecule has 0 aliphatic rings. The molecule has 0 fully saturated rings. The Morgan fingerprint density at radius 1 is 1.56 bits per heavy atom. The van der Waals surface area contributed by atoms with Gasteiger partial charge < -0.3 is 5.32 Å². The molecular weight excluding hydrogens is 202 g/mol. The SMILES string of the molecule is CCCn1nccc1C(=O)CC(C)NCC. The van der Waals surface area contributed by atoms with E-state index in [4.69, 9.17) is 0 Å². The first-order chi connectivity index (χ1) is 7.69. The van der Waals surface area contributed by atoms with E-state index >= 15 is 0 Å². The summed E-state index contributed by atoms with van der Waals surface area (Å²) in [6, 6.07) is 2.03. The molecule has 0 aromatic carbocycles. The smallest absolute Gasteiger partial charge is 0.182 e. The molecule has 0 radical (unpaired) electrons. The van der Waals surface area contributed by atoms with Crippen LogP contribution in [-0.4, -0.2) is 28.2 Å². The summed E-state index contributed by atoms with van der Waals surface area (Å²) in [4.78, 5) is 12.0. The molecule has 1 atom stereocenters. The van der Waals surface area contributed by atoms with Crippen LogP contribution in [0.5, 0.6) is 0 Å². The van der Waals surface area contributed by atoms with Crippen molar-refractivity contribution in [2.24, 2.45) is 0 Å². The first-order valence-corrected chi connectivity index (χ1v) is 5.97. The lowest BCUT2D eigenvalue weighted by Crippen LogP contribution is -2.28. The largest absolute Gasteiger partial charge is 0.314 e. The van der Waals surface area contributed by atoms with E-state index in [9.17, 15) is 4.79 Å². The monoisotopic (exact) mass is 223 g/mol. The van der Waals surface area contributed by atoms with Gasteiger partial charge in [-0.2, -0.15) is 5.10 Å². The van der Waals surface area contributed by atoms with Crippen molar-refractivity contribution in [3.63, 3.8) is 0 Å². The second-order valence-electron chi connectivity index (χ2n) is 4.03. The van der Waals surface area contributed by atoms with E-state index in [1.54, 1.807) is 16.9 Å². The third-order valence-electron chi connectivity index (χ3n) is 2.48. The van der Waals surface area contributed by atoms with Crippen molar-refractivity contribution in [3.05, 3.63) is 18.0 Å². The number of Topliss-reactive ketones (excluding diaryl/α,β-unsaturated/α-hetero) is 1. The maximum atomic E-state index is 12.0. The van der Waals surface area contributed by atoms with E-state index < -0.39 is 0 Å². The van der Waals surface area contributed by atoms with Gasteiger partial charge in [0.1, 0.15) is 5.69 Å². The number of nitrogens with one attached hydrogen (secondary N) is 1. The Morgan fingerprint density at radius 2 is 2.31 bits per heavy atom. The van der Waals surface area contributed by atoms with Gasteiger partial charge in [-0.05, 0) is 26.0 Å². The lowest BCUT2D eigenvalue weighted by Gasteiger charge is -2.11. The molecule has 1 heterocycles. The molecule has 0 aliphatic heterocycles. The first kappa shape index (κ1) is 12.9. The number of hydrogen-bond donors (Lipinski definition) is 1. The fourth-order valence-corrected chi connectivity index (χ4v) is 1.76. The predicted molar refractivity (Wildman–Crippen MR) is 64.6 cm³/mol. The molecule has 4 heteroatoms. The van der Waals surface area contributed by atoms with Crippen LogP contribution in [0, 0.1) is 0 Å². The van der Waals surface area contributed by atoms with Crippen LogP contribution in [0.4, 0.5) is 0 Å². The Balaban J connectivity index is 2.61. The Morgan fingerprint density at radius 3 is 2.94 bits per heavy atom. The van der Waals surface area contributed by atoms with Crippen molar-refractivity contribution in [2.75, 3.05) is 6.54 Å². The van der Waals surface area contributed by atoms with Crippen molar-refractivity contribution >= 4 is 5.78 Å². The van der Waals surface area contributed by atoms with E-state index in [0.717, 1.165) is 25.2 Å². The third kappa shape index (κ3) is 3.45. The van der Waals surface area contributed by atoms with Gasteiger partial charge in [0.15, 0.2) is 5.78 Å². The maximum Gasteiger partial charge on any atom is 0.182 e. The summed E-state index contributed by atoms with van der Waals surface area (Å²) in [6.07, 6.45) is 3.22. The van der Waals surface area contributed by atoms with Crippen LogP contribution in [0.25, 0.3) is 0 Å². The van der Waals surface area contributed by atoms with E-state index in [0.29, 0.717) is 6.42 Å². The standard InChI is InChI=1S/C12H21N3O/c1-4-8-15-11(6-7-14-15)12(16)9-10(3)13-5-2/h6-7,10,13H,4-5,8-9H2,1-3H3. The topological polar surface area (TPSA) is 46.9 Å². The van der Waals surface area contributed by atoms with Crippen LogP contribution in [0.15, 0.2) is 12.3 Å². The lowest BCUT2D eigenvalue weighted by atomic mass is 10.1. The van der Waals surface area contributed by atoms with Gasteiger partial charge in [-0.15, -0.1) is 0 Å². The van der Waals surface area contributed by atoms with Gasteiger partial charge in [0.25, 0.3) is 0 Å². The van der Waals surface area contributed by atoms with Crippen LogP contribution >= 0.6 is 0 Å². The van der Waals surface area contributed by atoms with Crippen molar-refractivity contribution in [3.8, 4) is 0 Å². The summed E-state index contributed by atoms with van der Waals surface area (Å²) in [5.41, 5.74) is 0.728. The summed E-state index contributed by atoms with van der Waals surface area (Å²) < 4.78 is 1.79. The first-order valence-electron chi connectivity index (χ1n) is 5.97. The fraction of sp³-hybridized carbons (Fsp3) is 0.667. The fourth-order valence-electron chi connectivity index (χ4n) is 1.76. The molecule has 90 valence electrons. The molecule has 0 spiro atoms. The van der Waals surface area contributed by atoms with Crippen LogP contribution in [0.2, 0.25) is 0 Å². The lowest BCUT2D eigenvalue weighted by molar-refractivity contribution is 0.0961. The van der Waals surface area contributed by atoms with Gasteiger partial charge in [0, 0.05) is 25.2 Å². The summed E-state index contributed by atoms with van der Waals surface area (Å²) in [5.74, 6) is 0.166. The zero-order valence-corrected chi connectivity index (χ0v) is 10.4. The number of aromatic nitrogens is 2. The zero-order chi connectivity index (χ0) is 12.0. The highest BCUT2D eigenvalue weighted by Gasteiger charge is 2.14. The molecule has 1 rings (SSSR count). The quantitative estimate of drug-likeness (QED) is 0.718. The van der Waals surface area contributed by atoms with Gasteiger partial charge >= 0.3 is 0 Å². The molecular formula is C12H21N3O. The van der Waals surface area contributed by atoms with Gasteiger partial charge in [0.05, 0.1) is 0 Å². The van der Waals surface area contributed by atoms with Crippen LogP contribution in [0.1, 0.15) is 44.1 Å². The molecule has 0 saturated heterocycles.